The van der Waals surface area contributed by atoms with Gasteiger partial charge in [-0.3, -0.25) is 0 Å². The second-order valence-electron chi connectivity index (χ2n) is 1.51. The first kappa shape index (κ1) is 13.2. The van der Waals surface area contributed by atoms with Crippen molar-refractivity contribution in [3.05, 3.63) is 0 Å². The first-order valence-corrected chi connectivity index (χ1v) is 2.28. The van der Waals surface area contributed by atoms with Crippen molar-refractivity contribution in [3.8, 4) is 0 Å². The molecule has 0 aromatic heterocycles. The topological polar surface area (TPSA) is 69.9 Å². The van der Waals surface area contributed by atoms with Gasteiger partial charge >= 0.3 is 58.7 Å². The van der Waals surface area contributed by atoms with Gasteiger partial charge < -0.3 is 19.8 Å². The van der Waals surface area contributed by atoms with Crippen LogP contribution in [0, 0.1) is 0 Å². The molecule has 6 heteroatoms. The quantitative estimate of drug-likeness (QED) is 0.406. The summed E-state index contributed by atoms with van der Waals surface area (Å²) in [5.41, 5.74) is 0. The molecule has 0 aromatic rings. The van der Waals surface area contributed by atoms with Crippen molar-refractivity contribution in [2.75, 3.05) is 6.61 Å². The van der Waals surface area contributed by atoms with E-state index in [1.807, 2.05) is 0 Å². The number of hydrogen-bond acceptors (Lipinski definition) is 4. The molecule has 3 N–H and O–H groups in total. The van der Waals surface area contributed by atoms with E-state index in [-0.39, 0.29) is 58.0 Å². The zero-order valence-electron chi connectivity index (χ0n) is 4.61. The number of aliphatic hydroxyl groups is 1. The van der Waals surface area contributed by atoms with Gasteiger partial charge in [0.2, 0.25) is 0 Å². The molecule has 0 heterocycles. The molecule has 0 spiro atoms. The van der Waals surface area contributed by atoms with E-state index in [9.17, 15) is 0 Å². The second-order valence-corrected chi connectivity index (χ2v) is 1.51. The molecule has 0 saturated heterocycles. The summed E-state index contributed by atoms with van der Waals surface area (Å²) in [6, 6.07) is 0. The molecule has 0 radical (unpaired) electrons. The van der Waals surface area contributed by atoms with E-state index in [0.29, 0.717) is 0 Å². The fourth-order valence-electron chi connectivity index (χ4n) is 0.225. The third kappa shape index (κ3) is 12.7. The Labute approximate surface area is 96.8 Å². The molecule has 0 amide bonds. The molecular formula is C3H10BKO4. The van der Waals surface area contributed by atoms with Crippen molar-refractivity contribution in [2.24, 2.45) is 0 Å². The van der Waals surface area contributed by atoms with Crippen LogP contribution < -0.4 is 0 Å². The van der Waals surface area contributed by atoms with Gasteiger partial charge in [0.05, 0.1) is 12.7 Å². The monoisotopic (exact) mass is 160 g/mol. The molecule has 0 aliphatic carbocycles. The van der Waals surface area contributed by atoms with Crippen LogP contribution in [0.5, 0.6) is 0 Å². The van der Waals surface area contributed by atoms with Crippen molar-refractivity contribution in [1.82, 2.24) is 0 Å². The van der Waals surface area contributed by atoms with Gasteiger partial charge in [-0.25, -0.2) is 0 Å². The van der Waals surface area contributed by atoms with Crippen molar-refractivity contribution in [2.45, 2.75) is 13.0 Å². The van der Waals surface area contributed by atoms with Crippen LogP contribution in [0.3, 0.4) is 0 Å². The molecular weight excluding hydrogens is 150 g/mol. The van der Waals surface area contributed by atoms with Crippen molar-refractivity contribution in [3.63, 3.8) is 0 Å². The SMILES string of the molecule is CC(O)COB(O)O.[KH]. The zero-order valence-corrected chi connectivity index (χ0v) is 4.61. The van der Waals surface area contributed by atoms with Crippen LogP contribution in [0.1, 0.15) is 6.92 Å². The first-order chi connectivity index (χ1) is 3.63. The van der Waals surface area contributed by atoms with Gasteiger partial charge in [0.1, 0.15) is 0 Å². The minimum atomic E-state index is -1.77. The summed E-state index contributed by atoms with van der Waals surface area (Å²) < 4.78 is 4.16. The summed E-state index contributed by atoms with van der Waals surface area (Å²) in [6.45, 7) is 1.43. The standard InChI is InChI=1S/C3H9BO4.K.H/c1-3(5)2-8-4(6)7;;/h3,5-7H,2H2,1H3;;. The Morgan fingerprint density at radius 3 is 2.11 bits per heavy atom. The van der Waals surface area contributed by atoms with E-state index >= 15 is 0 Å². The second kappa shape index (κ2) is 7.65. The van der Waals surface area contributed by atoms with Crippen molar-refractivity contribution < 1.29 is 19.8 Å². The fraction of sp³-hybridized carbons (Fsp3) is 1.00. The van der Waals surface area contributed by atoms with E-state index in [2.05, 4.69) is 4.65 Å². The maximum atomic E-state index is 8.45. The normalized spacial score (nSPS) is 12.0. The van der Waals surface area contributed by atoms with Gasteiger partial charge in [-0.2, -0.15) is 0 Å². The summed E-state index contributed by atoms with van der Waals surface area (Å²) in [5.74, 6) is 0. The molecule has 0 fully saturated rings. The Morgan fingerprint density at radius 2 is 2.00 bits per heavy atom. The van der Waals surface area contributed by atoms with Gasteiger partial charge in [0.15, 0.2) is 0 Å². The third-order valence-electron chi connectivity index (χ3n) is 0.486. The van der Waals surface area contributed by atoms with Crippen LogP contribution >= 0.6 is 0 Å². The molecule has 0 aromatic carbocycles. The van der Waals surface area contributed by atoms with Crippen molar-refractivity contribution >= 4 is 58.7 Å². The maximum absolute atomic E-state index is 8.45. The Balaban J connectivity index is 0. The molecule has 0 rings (SSSR count). The molecule has 50 valence electrons. The van der Waals surface area contributed by atoms with Gasteiger partial charge in [0.25, 0.3) is 0 Å². The predicted molar refractivity (Wildman–Crippen MR) is 35.0 cm³/mol. The molecule has 4 nitrogen and oxygen atoms in total. The van der Waals surface area contributed by atoms with Gasteiger partial charge in [0, 0.05) is 0 Å². The van der Waals surface area contributed by atoms with E-state index in [4.69, 9.17) is 15.2 Å². The summed E-state index contributed by atoms with van der Waals surface area (Å²) in [7, 11) is -1.77. The molecule has 1 atom stereocenters. The third-order valence-corrected chi connectivity index (χ3v) is 0.486. The van der Waals surface area contributed by atoms with Crippen LogP contribution in [0.15, 0.2) is 0 Å². The average Bonchev–Trinajstić information content (AvgIpc) is 1.61. The van der Waals surface area contributed by atoms with Gasteiger partial charge in [-0.15, -0.1) is 0 Å². The number of rotatable bonds is 3. The van der Waals surface area contributed by atoms with E-state index in [1.165, 1.54) is 6.92 Å². The molecule has 1 unspecified atom stereocenters. The van der Waals surface area contributed by atoms with Crippen molar-refractivity contribution in [1.29, 1.82) is 0 Å². The first-order valence-electron chi connectivity index (χ1n) is 2.28. The van der Waals surface area contributed by atoms with Crippen LogP contribution in [0.4, 0.5) is 0 Å². The van der Waals surface area contributed by atoms with E-state index < -0.39 is 13.4 Å². The van der Waals surface area contributed by atoms with Gasteiger partial charge in [-0.05, 0) is 6.92 Å². The van der Waals surface area contributed by atoms with E-state index in [0.717, 1.165) is 0 Å². The predicted octanol–water partition coefficient (Wildman–Crippen LogP) is -2.30. The van der Waals surface area contributed by atoms with Crippen LogP contribution in [0.2, 0.25) is 0 Å². The summed E-state index contributed by atoms with van der Waals surface area (Å²) in [6.07, 6.45) is -0.656. The van der Waals surface area contributed by atoms with Crippen LogP contribution in [-0.4, -0.2) is 86.6 Å². The number of aliphatic hydroxyl groups excluding tert-OH is 1. The van der Waals surface area contributed by atoms with E-state index in [1.54, 1.807) is 0 Å². The fourth-order valence-corrected chi connectivity index (χ4v) is 0.225. The Kier molecular flexibility index (Phi) is 11.2. The zero-order chi connectivity index (χ0) is 6.57. The summed E-state index contributed by atoms with van der Waals surface area (Å²) >= 11 is 0. The number of hydrogen-bond donors (Lipinski definition) is 3. The molecule has 0 bridgehead atoms. The Morgan fingerprint density at radius 1 is 1.56 bits per heavy atom. The average molecular weight is 160 g/mol. The molecule has 0 aliphatic rings. The minimum absolute atomic E-state index is 0. The molecule has 9 heavy (non-hydrogen) atoms. The Hall–Kier alpha value is 1.54. The summed E-state index contributed by atoms with van der Waals surface area (Å²) in [4.78, 5) is 0. The molecule has 0 aliphatic heterocycles. The van der Waals surface area contributed by atoms with Crippen LogP contribution in [-0.2, 0) is 4.65 Å². The van der Waals surface area contributed by atoms with Gasteiger partial charge in [-0.1, -0.05) is 0 Å². The Bertz CT molecular complexity index is 51.8. The molecule has 0 saturated carbocycles. The summed E-state index contributed by atoms with van der Waals surface area (Å²) in [5, 5.41) is 24.5. The van der Waals surface area contributed by atoms with Crippen LogP contribution in [0.25, 0.3) is 0 Å².